The Kier molecular flexibility index (Phi) is 5.08. The number of hydrogen-bond acceptors (Lipinski definition) is 6. The highest BCUT2D eigenvalue weighted by molar-refractivity contribution is 5.97. The molecule has 0 aliphatic heterocycles. The molecule has 2 heterocycles. The number of benzene rings is 1. The average Bonchev–Trinajstić information content (AvgIpc) is 2.70. The third-order valence-corrected chi connectivity index (χ3v) is 5.15. The normalized spacial score (nSPS) is 19.3. The molecule has 4 rings (SSSR count). The van der Waals surface area contributed by atoms with E-state index in [2.05, 4.69) is 20.6 Å². The Hall–Kier alpha value is -3.19. The maximum absolute atomic E-state index is 11.8. The maximum Gasteiger partial charge on any atom is 0.269 e. The smallest absolute Gasteiger partial charge is 0.269 e. The summed E-state index contributed by atoms with van der Waals surface area (Å²) in [6.45, 7) is 0. The minimum absolute atomic E-state index is 0.114. The van der Waals surface area contributed by atoms with E-state index in [4.69, 9.17) is 11.5 Å². The van der Waals surface area contributed by atoms with E-state index in [9.17, 15) is 4.79 Å². The average molecular weight is 376 g/mol. The lowest BCUT2D eigenvalue weighted by molar-refractivity contribution is 0.0996. The van der Waals surface area contributed by atoms with Gasteiger partial charge in [0.15, 0.2) is 5.69 Å². The number of carbonyl (C=O) groups is 1. The number of primary amides is 1. The largest absolute Gasteiger partial charge is 0.379 e. The highest BCUT2D eigenvalue weighted by Gasteiger charge is 2.22. The quantitative estimate of drug-likeness (QED) is 0.543. The number of para-hydroxylation sites is 1. The van der Waals surface area contributed by atoms with Crippen LogP contribution in [0.3, 0.4) is 0 Å². The molecule has 1 saturated carbocycles. The van der Waals surface area contributed by atoms with E-state index in [-0.39, 0.29) is 17.8 Å². The highest BCUT2D eigenvalue weighted by atomic mass is 16.1. The third-order valence-electron chi connectivity index (χ3n) is 5.15. The lowest BCUT2D eigenvalue weighted by Gasteiger charge is -2.30. The maximum atomic E-state index is 11.8. The van der Waals surface area contributed by atoms with E-state index in [0.717, 1.165) is 35.9 Å². The van der Waals surface area contributed by atoms with Crippen LogP contribution in [0.1, 0.15) is 36.2 Å². The van der Waals surface area contributed by atoms with Crippen LogP contribution >= 0.6 is 0 Å². The number of amides is 1. The van der Waals surface area contributed by atoms with Crippen molar-refractivity contribution in [2.45, 2.75) is 37.8 Å². The summed E-state index contributed by atoms with van der Waals surface area (Å²) in [5, 5.41) is 7.69. The van der Waals surface area contributed by atoms with Crippen LogP contribution < -0.4 is 22.1 Å². The molecule has 6 N–H and O–H groups in total. The number of rotatable bonds is 5. The lowest BCUT2D eigenvalue weighted by Crippen LogP contribution is -2.42. The van der Waals surface area contributed by atoms with E-state index >= 15 is 0 Å². The van der Waals surface area contributed by atoms with E-state index in [1.165, 1.54) is 6.42 Å². The number of nitrogens with two attached hydrogens (primary N) is 2. The molecule has 3 aromatic rings. The fraction of sp³-hybridized carbons (Fsp3) is 0.286. The molecular formula is C21H24N6O. The Balaban J connectivity index is 1.62. The summed E-state index contributed by atoms with van der Waals surface area (Å²) in [5.41, 5.74) is 14.1. The number of carbonyl (C=O) groups excluding carboxylic acids is 1. The molecule has 1 aliphatic carbocycles. The molecule has 0 radical (unpaired) electrons. The van der Waals surface area contributed by atoms with Gasteiger partial charge in [0.2, 0.25) is 0 Å². The number of anilines is 3. The van der Waals surface area contributed by atoms with Gasteiger partial charge in [0, 0.05) is 17.5 Å². The van der Waals surface area contributed by atoms with Gasteiger partial charge in [0.1, 0.15) is 5.82 Å². The molecule has 2 atom stereocenters. The number of nitrogens with one attached hydrogen (secondary N) is 2. The Morgan fingerprint density at radius 1 is 1.11 bits per heavy atom. The van der Waals surface area contributed by atoms with Crippen molar-refractivity contribution in [3.05, 3.63) is 54.4 Å². The van der Waals surface area contributed by atoms with Crippen LogP contribution in [0.25, 0.3) is 10.9 Å². The Morgan fingerprint density at radius 2 is 1.93 bits per heavy atom. The zero-order valence-electron chi connectivity index (χ0n) is 15.6. The zero-order chi connectivity index (χ0) is 19.5. The van der Waals surface area contributed by atoms with Gasteiger partial charge in [-0.05, 0) is 37.1 Å². The molecule has 1 fully saturated rings. The molecule has 1 amide bonds. The van der Waals surface area contributed by atoms with E-state index in [1.54, 1.807) is 6.20 Å². The number of pyridine rings is 2. The minimum atomic E-state index is -0.593. The topological polar surface area (TPSA) is 119 Å². The summed E-state index contributed by atoms with van der Waals surface area (Å²) < 4.78 is 0. The van der Waals surface area contributed by atoms with Crippen LogP contribution in [0, 0.1) is 0 Å². The summed E-state index contributed by atoms with van der Waals surface area (Å²) >= 11 is 0. The van der Waals surface area contributed by atoms with Crippen molar-refractivity contribution in [1.29, 1.82) is 0 Å². The van der Waals surface area contributed by atoms with Crippen molar-refractivity contribution in [2.24, 2.45) is 11.5 Å². The first kappa shape index (κ1) is 18.2. The molecular weight excluding hydrogens is 352 g/mol. The number of hydrogen-bond donors (Lipinski definition) is 4. The molecule has 144 valence electrons. The van der Waals surface area contributed by atoms with E-state index in [1.807, 2.05) is 42.5 Å². The van der Waals surface area contributed by atoms with Gasteiger partial charge in [-0.3, -0.25) is 4.79 Å². The SMILES string of the molecule is NC(=O)c1ncc(N[C@@H]2CCCC[C@@H]2N)cc1Nc1ccc2ccccc2n1. The first-order chi connectivity index (χ1) is 13.6. The Labute approximate surface area is 163 Å². The fourth-order valence-corrected chi connectivity index (χ4v) is 3.66. The first-order valence-electron chi connectivity index (χ1n) is 9.55. The van der Waals surface area contributed by atoms with Crippen molar-refractivity contribution in [3.8, 4) is 0 Å². The molecule has 7 heteroatoms. The number of nitrogens with zero attached hydrogens (tertiary/aromatic N) is 2. The second kappa shape index (κ2) is 7.82. The third kappa shape index (κ3) is 3.89. The van der Waals surface area contributed by atoms with Gasteiger partial charge in [-0.15, -0.1) is 0 Å². The van der Waals surface area contributed by atoms with Crippen LogP contribution in [0.2, 0.25) is 0 Å². The molecule has 0 unspecified atom stereocenters. The van der Waals surface area contributed by atoms with Crippen LogP contribution in [-0.2, 0) is 0 Å². The molecule has 7 nitrogen and oxygen atoms in total. The van der Waals surface area contributed by atoms with Crippen LogP contribution in [0.5, 0.6) is 0 Å². The monoisotopic (exact) mass is 376 g/mol. The number of fused-ring (bicyclic) bond motifs is 1. The fourth-order valence-electron chi connectivity index (χ4n) is 3.66. The highest BCUT2D eigenvalue weighted by Crippen LogP contribution is 2.26. The van der Waals surface area contributed by atoms with Crippen molar-refractivity contribution < 1.29 is 4.79 Å². The summed E-state index contributed by atoms with van der Waals surface area (Å²) in [6, 6.07) is 13.8. The summed E-state index contributed by atoms with van der Waals surface area (Å²) in [6.07, 6.45) is 5.98. The van der Waals surface area contributed by atoms with Crippen LogP contribution in [0.15, 0.2) is 48.7 Å². The molecule has 1 aromatic carbocycles. The second-order valence-electron chi connectivity index (χ2n) is 7.20. The lowest BCUT2D eigenvalue weighted by atomic mass is 9.91. The van der Waals surface area contributed by atoms with E-state index in [0.29, 0.717) is 11.5 Å². The van der Waals surface area contributed by atoms with Gasteiger partial charge in [0.25, 0.3) is 5.91 Å². The summed E-state index contributed by atoms with van der Waals surface area (Å²) in [5.74, 6) is 0.0266. The zero-order valence-corrected chi connectivity index (χ0v) is 15.6. The van der Waals surface area contributed by atoms with Crippen molar-refractivity contribution in [1.82, 2.24) is 9.97 Å². The van der Waals surface area contributed by atoms with Crippen molar-refractivity contribution >= 4 is 34.0 Å². The minimum Gasteiger partial charge on any atom is -0.379 e. The molecule has 0 bridgehead atoms. The molecule has 2 aromatic heterocycles. The second-order valence-corrected chi connectivity index (χ2v) is 7.20. The predicted octanol–water partition coefficient (Wildman–Crippen LogP) is 3.15. The van der Waals surface area contributed by atoms with E-state index < -0.39 is 5.91 Å². The van der Waals surface area contributed by atoms with Crippen LogP contribution in [-0.4, -0.2) is 28.0 Å². The predicted molar refractivity (Wildman–Crippen MR) is 112 cm³/mol. The van der Waals surface area contributed by atoms with Gasteiger partial charge in [0.05, 0.1) is 23.1 Å². The van der Waals surface area contributed by atoms with Crippen molar-refractivity contribution in [2.75, 3.05) is 10.6 Å². The molecule has 0 saturated heterocycles. The Bertz CT molecular complexity index is 1010. The van der Waals surface area contributed by atoms with Gasteiger partial charge in [-0.25, -0.2) is 9.97 Å². The molecule has 0 spiro atoms. The van der Waals surface area contributed by atoms with Crippen LogP contribution in [0.4, 0.5) is 17.2 Å². The summed E-state index contributed by atoms with van der Waals surface area (Å²) in [7, 11) is 0. The number of aromatic nitrogens is 2. The summed E-state index contributed by atoms with van der Waals surface area (Å²) in [4.78, 5) is 20.7. The Morgan fingerprint density at radius 3 is 2.75 bits per heavy atom. The van der Waals surface area contributed by atoms with Gasteiger partial charge < -0.3 is 22.1 Å². The molecule has 1 aliphatic rings. The van der Waals surface area contributed by atoms with Gasteiger partial charge >= 0.3 is 0 Å². The van der Waals surface area contributed by atoms with Gasteiger partial charge in [-0.1, -0.05) is 31.0 Å². The first-order valence-corrected chi connectivity index (χ1v) is 9.55. The molecule has 28 heavy (non-hydrogen) atoms. The standard InChI is InChI=1S/C21H24N6O/c22-15-6-2-4-8-17(15)25-14-11-18(20(21(23)28)24-12-14)27-19-10-9-13-5-1-3-7-16(13)26-19/h1,3,5,7,9-12,15,17,25H,2,4,6,8,22H2,(H2,23,28)(H,26,27)/t15-,17+/m0/s1. The van der Waals surface area contributed by atoms with Gasteiger partial charge in [-0.2, -0.15) is 0 Å². The van der Waals surface area contributed by atoms with Crippen molar-refractivity contribution in [3.63, 3.8) is 0 Å².